The lowest BCUT2D eigenvalue weighted by atomic mass is 9.98. The Labute approximate surface area is 151 Å². The molecule has 0 amide bonds. The molecule has 2 aliphatic rings. The first-order chi connectivity index (χ1) is 10.0. The number of guanidine groups is 1. The van der Waals surface area contributed by atoms with Crippen molar-refractivity contribution in [2.45, 2.75) is 32.2 Å². The van der Waals surface area contributed by atoms with Gasteiger partial charge in [0.15, 0.2) is 15.8 Å². The number of rotatable bonds is 4. The molecule has 2 rings (SSSR count). The molecule has 2 fully saturated rings. The number of halogens is 1. The van der Waals surface area contributed by atoms with Crippen molar-refractivity contribution >= 4 is 39.8 Å². The van der Waals surface area contributed by atoms with Crippen molar-refractivity contribution in [3.8, 4) is 0 Å². The van der Waals surface area contributed by atoms with E-state index in [1.54, 1.807) is 7.05 Å². The van der Waals surface area contributed by atoms with Crippen LogP contribution in [0.1, 0.15) is 26.2 Å². The zero-order chi connectivity index (χ0) is 15.3. The first-order valence-corrected chi connectivity index (χ1v) is 9.74. The first-order valence-electron chi connectivity index (χ1n) is 7.92. The normalized spacial score (nSPS) is 28.9. The molecule has 6 nitrogen and oxygen atoms in total. The standard InChI is InChI=1S/C14H28N4O2S.HI/c1-3-18-7-4-5-12(10-18)9-16-14(15-2)17-13-6-8-21(19,20)11-13;/h12-13H,3-11H2,1-2H3,(H2,15,16,17);1H. The van der Waals surface area contributed by atoms with E-state index in [0.29, 0.717) is 12.3 Å². The fourth-order valence-electron chi connectivity index (χ4n) is 3.14. The maximum absolute atomic E-state index is 11.5. The van der Waals surface area contributed by atoms with Crippen LogP contribution in [0.4, 0.5) is 0 Å². The van der Waals surface area contributed by atoms with Gasteiger partial charge in [-0.05, 0) is 38.3 Å². The lowest BCUT2D eigenvalue weighted by Gasteiger charge is -2.32. The van der Waals surface area contributed by atoms with Gasteiger partial charge in [-0.25, -0.2) is 8.42 Å². The Kier molecular flexibility index (Phi) is 8.40. The molecule has 2 aliphatic heterocycles. The van der Waals surface area contributed by atoms with Gasteiger partial charge < -0.3 is 15.5 Å². The Morgan fingerprint density at radius 1 is 1.36 bits per heavy atom. The van der Waals surface area contributed by atoms with Crippen LogP contribution in [0.5, 0.6) is 0 Å². The smallest absolute Gasteiger partial charge is 0.191 e. The molecule has 0 aromatic rings. The van der Waals surface area contributed by atoms with Crippen molar-refractivity contribution in [2.24, 2.45) is 10.9 Å². The first kappa shape index (κ1) is 20.0. The zero-order valence-corrected chi connectivity index (χ0v) is 16.7. The number of hydrogen-bond acceptors (Lipinski definition) is 4. The van der Waals surface area contributed by atoms with E-state index >= 15 is 0 Å². The van der Waals surface area contributed by atoms with Gasteiger partial charge in [0, 0.05) is 26.2 Å². The molecule has 0 saturated carbocycles. The number of nitrogens with zero attached hydrogens (tertiary/aromatic N) is 2. The average molecular weight is 444 g/mol. The second kappa shape index (κ2) is 9.27. The highest BCUT2D eigenvalue weighted by molar-refractivity contribution is 14.0. The summed E-state index contributed by atoms with van der Waals surface area (Å²) in [7, 11) is -1.11. The molecule has 2 atom stereocenters. The van der Waals surface area contributed by atoms with Crippen molar-refractivity contribution in [3.05, 3.63) is 0 Å². The van der Waals surface area contributed by atoms with Crippen LogP contribution in [0.25, 0.3) is 0 Å². The van der Waals surface area contributed by atoms with Crippen LogP contribution in [0.3, 0.4) is 0 Å². The third-order valence-corrected chi connectivity index (χ3v) is 6.17. The lowest BCUT2D eigenvalue weighted by molar-refractivity contribution is 0.183. The molecular formula is C14H29IN4O2S. The summed E-state index contributed by atoms with van der Waals surface area (Å²) in [5.41, 5.74) is 0. The van der Waals surface area contributed by atoms with E-state index < -0.39 is 9.84 Å². The van der Waals surface area contributed by atoms with Gasteiger partial charge in [0.05, 0.1) is 11.5 Å². The molecule has 2 unspecified atom stereocenters. The van der Waals surface area contributed by atoms with Gasteiger partial charge in [0.25, 0.3) is 0 Å². The summed E-state index contributed by atoms with van der Waals surface area (Å²) in [6, 6.07) is -0.000281. The largest absolute Gasteiger partial charge is 0.356 e. The van der Waals surface area contributed by atoms with E-state index in [9.17, 15) is 8.42 Å². The fourth-order valence-corrected chi connectivity index (χ4v) is 4.82. The maximum atomic E-state index is 11.5. The number of piperidine rings is 1. The van der Waals surface area contributed by atoms with Gasteiger partial charge in [-0.3, -0.25) is 4.99 Å². The summed E-state index contributed by atoms with van der Waals surface area (Å²) in [5, 5.41) is 6.59. The monoisotopic (exact) mass is 444 g/mol. The third kappa shape index (κ3) is 6.19. The minimum Gasteiger partial charge on any atom is -0.356 e. The van der Waals surface area contributed by atoms with Gasteiger partial charge in [-0.15, -0.1) is 24.0 Å². The predicted molar refractivity (Wildman–Crippen MR) is 102 cm³/mol. The highest BCUT2D eigenvalue weighted by Gasteiger charge is 2.28. The van der Waals surface area contributed by atoms with Crippen molar-refractivity contribution < 1.29 is 8.42 Å². The van der Waals surface area contributed by atoms with Crippen molar-refractivity contribution in [2.75, 3.05) is 44.7 Å². The highest BCUT2D eigenvalue weighted by atomic mass is 127. The van der Waals surface area contributed by atoms with Crippen LogP contribution >= 0.6 is 24.0 Å². The molecule has 0 aliphatic carbocycles. The topological polar surface area (TPSA) is 73.8 Å². The maximum Gasteiger partial charge on any atom is 0.191 e. The Balaban J connectivity index is 0.00000242. The van der Waals surface area contributed by atoms with Crippen LogP contribution in [-0.4, -0.2) is 70.1 Å². The Hall–Kier alpha value is -0.0900. The Morgan fingerprint density at radius 3 is 2.73 bits per heavy atom. The Morgan fingerprint density at radius 2 is 2.14 bits per heavy atom. The molecule has 0 spiro atoms. The van der Waals surface area contributed by atoms with Crippen LogP contribution in [0.15, 0.2) is 4.99 Å². The fraction of sp³-hybridized carbons (Fsp3) is 0.929. The molecule has 0 radical (unpaired) electrons. The number of sulfone groups is 1. The number of aliphatic imine (C=N–C) groups is 1. The van der Waals surface area contributed by atoms with Crippen LogP contribution in [0.2, 0.25) is 0 Å². The van der Waals surface area contributed by atoms with Crippen molar-refractivity contribution in [1.29, 1.82) is 0 Å². The average Bonchev–Trinajstić information content (AvgIpc) is 2.82. The molecule has 0 aromatic heterocycles. The minimum absolute atomic E-state index is 0. The van der Waals surface area contributed by atoms with Crippen molar-refractivity contribution in [3.63, 3.8) is 0 Å². The predicted octanol–water partition coefficient (Wildman–Crippen LogP) is 0.688. The van der Waals surface area contributed by atoms with E-state index in [0.717, 1.165) is 25.6 Å². The zero-order valence-electron chi connectivity index (χ0n) is 13.5. The van der Waals surface area contributed by atoms with Crippen LogP contribution in [0, 0.1) is 5.92 Å². The van der Waals surface area contributed by atoms with E-state index in [4.69, 9.17) is 0 Å². The second-order valence-corrected chi connectivity index (χ2v) is 8.33. The van der Waals surface area contributed by atoms with E-state index in [-0.39, 0.29) is 41.5 Å². The summed E-state index contributed by atoms with van der Waals surface area (Å²) in [4.78, 5) is 6.69. The second-order valence-electron chi connectivity index (χ2n) is 6.10. The molecule has 2 saturated heterocycles. The number of hydrogen-bond donors (Lipinski definition) is 2. The lowest BCUT2D eigenvalue weighted by Crippen LogP contribution is -2.47. The van der Waals surface area contributed by atoms with Gasteiger partial charge in [-0.2, -0.15) is 0 Å². The van der Waals surface area contributed by atoms with Crippen molar-refractivity contribution in [1.82, 2.24) is 15.5 Å². The molecule has 0 bridgehead atoms. The van der Waals surface area contributed by atoms with Gasteiger partial charge in [-0.1, -0.05) is 6.92 Å². The molecule has 2 heterocycles. The van der Waals surface area contributed by atoms with Crippen LogP contribution in [-0.2, 0) is 9.84 Å². The summed E-state index contributed by atoms with van der Waals surface area (Å²) < 4.78 is 23.0. The van der Waals surface area contributed by atoms with Gasteiger partial charge in [0.2, 0.25) is 0 Å². The SMILES string of the molecule is CCN1CCCC(CNC(=NC)NC2CCS(=O)(=O)C2)C1.I. The van der Waals surface area contributed by atoms with E-state index in [2.05, 4.69) is 27.4 Å². The van der Waals surface area contributed by atoms with E-state index in [1.807, 2.05) is 0 Å². The molecule has 8 heteroatoms. The summed E-state index contributed by atoms with van der Waals surface area (Å²) in [5.74, 6) is 1.88. The highest BCUT2D eigenvalue weighted by Crippen LogP contribution is 2.15. The van der Waals surface area contributed by atoms with E-state index in [1.165, 1.54) is 19.4 Å². The summed E-state index contributed by atoms with van der Waals surface area (Å²) >= 11 is 0. The summed E-state index contributed by atoms with van der Waals surface area (Å²) in [6.07, 6.45) is 3.18. The molecule has 130 valence electrons. The number of likely N-dealkylation sites (tertiary alicyclic amines) is 1. The third-order valence-electron chi connectivity index (χ3n) is 4.41. The molecule has 0 aromatic carbocycles. The summed E-state index contributed by atoms with van der Waals surface area (Å²) in [6.45, 7) is 6.56. The number of nitrogens with one attached hydrogen (secondary N) is 2. The molecule has 2 N–H and O–H groups in total. The molecule has 22 heavy (non-hydrogen) atoms. The quantitative estimate of drug-likeness (QED) is 0.379. The van der Waals surface area contributed by atoms with Crippen LogP contribution < -0.4 is 10.6 Å². The van der Waals surface area contributed by atoms with Gasteiger partial charge >= 0.3 is 0 Å². The minimum atomic E-state index is -2.85. The Bertz CT molecular complexity index is 469. The molecular weight excluding hydrogens is 415 g/mol. The van der Waals surface area contributed by atoms with Gasteiger partial charge in [0.1, 0.15) is 0 Å².